The van der Waals surface area contributed by atoms with Gasteiger partial charge in [-0.05, 0) is 38.3 Å². The molecule has 0 atom stereocenters. The Morgan fingerprint density at radius 3 is 2.33 bits per heavy atom. The quantitative estimate of drug-likeness (QED) is 0.807. The fourth-order valence-corrected chi connectivity index (χ4v) is 4.07. The third-order valence-electron chi connectivity index (χ3n) is 3.49. The number of hydrogen-bond acceptors (Lipinski definition) is 3. The summed E-state index contributed by atoms with van der Waals surface area (Å²) in [7, 11) is 1.80. The van der Waals surface area contributed by atoms with Gasteiger partial charge in [-0.2, -0.15) is 5.10 Å². The molecular weight excluding hydrogens is 308 g/mol. The van der Waals surface area contributed by atoms with Crippen LogP contribution in [0.5, 0.6) is 0 Å². The van der Waals surface area contributed by atoms with Gasteiger partial charge in [0, 0.05) is 10.7 Å². The van der Waals surface area contributed by atoms with Crippen molar-refractivity contribution < 1.29 is 8.42 Å². The van der Waals surface area contributed by atoms with Crippen molar-refractivity contribution in [1.82, 2.24) is 9.78 Å². The largest absolute Gasteiger partial charge is 0.265 e. The van der Waals surface area contributed by atoms with Crippen molar-refractivity contribution >= 4 is 19.7 Å². The highest BCUT2D eigenvalue weighted by Gasteiger charge is 2.26. The molecule has 2 aromatic rings. The Labute approximate surface area is 130 Å². The molecule has 21 heavy (non-hydrogen) atoms. The average Bonchev–Trinajstić information content (AvgIpc) is 2.77. The van der Waals surface area contributed by atoms with Crippen LogP contribution in [-0.4, -0.2) is 18.2 Å². The third-order valence-corrected chi connectivity index (χ3v) is 4.92. The van der Waals surface area contributed by atoms with Crippen LogP contribution in [0.25, 0.3) is 5.69 Å². The van der Waals surface area contributed by atoms with Crippen LogP contribution in [-0.2, 0) is 21.9 Å². The van der Waals surface area contributed by atoms with Gasteiger partial charge in [0.15, 0.2) is 0 Å². The first kappa shape index (κ1) is 16.0. The van der Waals surface area contributed by atoms with Crippen LogP contribution in [0.3, 0.4) is 0 Å². The molecule has 1 aromatic heterocycles. The van der Waals surface area contributed by atoms with Crippen molar-refractivity contribution in [3.05, 3.63) is 40.7 Å². The third kappa shape index (κ3) is 2.99. The second-order valence-corrected chi connectivity index (χ2v) is 7.57. The van der Waals surface area contributed by atoms with Gasteiger partial charge in [0.2, 0.25) is 0 Å². The molecule has 0 saturated carbocycles. The van der Waals surface area contributed by atoms with E-state index in [1.54, 1.807) is 4.68 Å². The lowest BCUT2D eigenvalue weighted by atomic mass is 10.1. The Bertz CT molecular complexity index is 779. The van der Waals surface area contributed by atoms with Gasteiger partial charge < -0.3 is 0 Å². The van der Waals surface area contributed by atoms with Crippen LogP contribution < -0.4 is 0 Å². The SMILES string of the molecule is CCc1nn(-c2ccc(C)cc2C)c(CC)c1S(=O)(=O)Cl. The maximum Gasteiger partial charge on any atom is 0.265 e. The molecule has 0 bridgehead atoms. The Hall–Kier alpha value is -1.33. The number of hydrogen-bond donors (Lipinski definition) is 0. The average molecular weight is 327 g/mol. The standard InChI is InChI=1S/C15H19ClN2O2S/c1-5-12-15(21(16,19)20)13(6-2)18(17-12)14-8-7-10(3)9-11(14)4/h7-9H,5-6H2,1-4H3. The van der Waals surface area contributed by atoms with Crippen LogP contribution in [0.15, 0.2) is 23.1 Å². The molecule has 0 radical (unpaired) electrons. The predicted octanol–water partition coefficient (Wildman–Crippen LogP) is 3.54. The molecule has 1 aromatic carbocycles. The first-order chi connectivity index (χ1) is 9.79. The first-order valence-electron chi connectivity index (χ1n) is 6.92. The van der Waals surface area contributed by atoms with Gasteiger partial charge in [-0.25, -0.2) is 13.1 Å². The fourth-order valence-electron chi connectivity index (χ4n) is 2.55. The van der Waals surface area contributed by atoms with Crippen molar-refractivity contribution in [2.75, 3.05) is 0 Å². The van der Waals surface area contributed by atoms with E-state index in [-0.39, 0.29) is 4.90 Å². The van der Waals surface area contributed by atoms with Crippen molar-refractivity contribution in [2.24, 2.45) is 0 Å². The number of benzene rings is 1. The zero-order valence-corrected chi connectivity index (χ0v) is 14.2. The van der Waals surface area contributed by atoms with Crippen LogP contribution in [0.4, 0.5) is 0 Å². The second-order valence-electron chi connectivity index (χ2n) is 5.07. The lowest BCUT2D eigenvalue weighted by Crippen LogP contribution is -2.05. The molecule has 0 N–H and O–H groups in total. The van der Waals surface area contributed by atoms with E-state index in [0.717, 1.165) is 16.8 Å². The van der Waals surface area contributed by atoms with Gasteiger partial charge in [0.05, 0.1) is 17.1 Å². The molecule has 4 nitrogen and oxygen atoms in total. The molecular formula is C15H19ClN2O2S. The van der Waals surface area contributed by atoms with Gasteiger partial charge in [0.25, 0.3) is 9.05 Å². The molecule has 0 spiro atoms. The highest BCUT2D eigenvalue weighted by molar-refractivity contribution is 8.13. The topological polar surface area (TPSA) is 52.0 Å². The lowest BCUT2D eigenvalue weighted by molar-refractivity contribution is 0.607. The van der Waals surface area contributed by atoms with Gasteiger partial charge >= 0.3 is 0 Å². The summed E-state index contributed by atoms with van der Waals surface area (Å²) >= 11 is 0. The van der Waals surface area contributed by atoms with E-state index in [1.165, 1.54) is 0 Å². The van der Waals surface area contributed by atoms with Crippen LogP contribution in [0.1, 0.15) is 36.4 Å². The van der Waals surface area contributed by atoms with Gasteiger partial charge in [-0.15, -0.1) is 0 Å². The second kappa shape index (κ2) is 5.81. The molecule has 0 unspecified atom stereocenters. The smallest absolute Gasteiger partial charge is 0.236 e. The van der Waals surface area contributed by atoms with E-state index in [4.69, 9.17) is 10.7 Å². The first-order valence-corrected chi connectivity index (χ1v) is 9.23. The van der Waals surface area contributed by atoms with Crippen LogP contribution >= 0.6 is 10.7 Å². The summed E-state index contributed by atoms with van der Waals surface area (Å²) in [5.74, 6) is 0. The number of aromatic nitrogens is 2. The van der Waals surface area contributed by atoms with E-state index in [1.807, 2.05) is 39.8 Å². The van der Waals surface area contributed by atoms with E-state index in [2.05, 4.69) is 11.2 Å². The fraction of sp³-hybridized carbons (Fsp3) is 0.400. The summed E-state index contributed by atoms with van der Waals surface area (Å²) in [6.45, 7) is 7.79. The lowest BCUT2D eigenvalue weighted by Gasteiger charge is -2.10. The van der Waals surface area contributed by atoms with Crippen molar-refractivity contribution in [3.8, 4) is 5.69 Å². The molecule has 1 heterocycles. The van der Waals surface area contributed by atoms with E-state index < -0.39 is 9.05 Å². The normalized spacial score (nSPS) is 11.9. The zero-order chi connectivity index (χ0) is 15.8. The van der Waals surface area contributed by atoms with Crippen LogP contribution in [0, 0.1) is 13.8 Å². The number of nitrogens with zero attached hydrogens (tertiary/aromatic N) is 2. The Morgan fingerprint density at radius 1 is 1.19 bits per heavy atom. The molecule has 2 rings (SSSR count). The molecule has 6 heteroatoms. The molecule has 0 saturated heterocycles. The molecule has 0 fully saturated rings. The summed E-state index contributed by atoms with van der Waals surface area (Å²) in [4.78, 5) is 0.161. The Kier molecular flexibility index (Phi) is 4.44. The molecule has 0 amide bonds. The predicted molar refractivity (Wildman–Crippen MR) is 84.8 cm³/mol. The highest BCUT2D eigenvalue weighted by Crippen LogP contribution is 2.28. The Morgan fingerprint density at radius 2 is 1.86 bits per heavy atom. The maximum atomic E-state index is 11.9. The number of rotatable bonds is 4. The summed E-state index contributed by atoms with van der Waals surface area (Å²) in [6, 6.07) is 6.00. The number of aryl methyl sites for hydroxylation is 3. The highest BCUT2D eigenvalue weighted by atomic mass is 35.7. The summed E-state index contributed by atoms with van der Waals surface area (Å²) < 4.78 is 25.5. The van der Waals surface area contributed by atoms with E-state index in [0.29, 0.717) is 24.2 Å². The number of halogens is 1. The summed E-state index contributed by atoms with van der Waals surface area (Å²) in [5, 5.41) is 4.48. The minimum absolute atomic E-state index is 0.161. The minimum Gasteiger partial charge on any atom is -0.236 e. The monoisotopic (exact) mass is 326 g/mol. The zero-order valence-electron chi connectivity index (χ0n) is 12.6. The van der Waals surface area contributed by atoms with Crippen molar-refractivity contribution in [2.45, 2.75) is 45.4 Å². The van der Waals surface area contributed by atoms with E-state index >= 15 is 0 Å². The van der Waals surface area contributed by atoms with E-state index in [9.17, 15) is 8.42 Å². The molecule has 114 valence electrons. The summed E-state index contributed by atoms with van der Waals surface area (Å²) in [5.41, 5.74) is 4.24. The molecule has 0 aliphatic rings. The van der Waals surface area contributed by atoms with Crippen LogP contribution in [0.2, 0.25) is 0 Å². The molecule has 0 aliphatic carbocycles. The van der Waals surface area contributed by atoms with Crippen molar-refractivity contribution in [3.63, 3.8) is 0 Å². The molecule has 0 aliphatic heterocycles. The van der Waals surface area contributed by atoms with Gasteiger partial charge in [-0.1, -0.05) is 31.5 Å². The van der Waals surface area contributed by atoms with Gasteiger partial charge in [0.1, 0.15) is 4.90 Å². The summed E-state index contributed by atoms with van der Waals surface area (Å²) in [6.07, 6.45) is 1.06. The maximum absolute atomic E-state index is 11.9. The van der Waals surface area contributed by atoms with Gasteiger partial charge in [-0.3, -0.25) is 0 Å². The Balaban J connectivity index is 2.79. The minimum atomic E-state index is -3.81. The van der Waals surface area contributed by atoms with Crippen molar-refractivity contribution in [1.29, 1.82) is 0 Å².